The molecule has 2 rings (SSSR count). The minimum atomic E-state index is -0.0856. The predicted molar refractivity (Wildman–Crippen MR) is 78.0 cm³/mol. The molecule has 1 aliphatic heterocycles. The third-order valence-corrected chi connectivity index (χ3v) is 4.26. The lowest BCUT2D eigenvalue weighted by Crippen LogP contribution is -2.38. The molecule has 1 unspecified atom stereocenters. The zero-order chi connectivity index (χ0) is 13.5. The molecule has 0 aromatic carbocycles. The van der Waals surface area contributed by atoms with Crippen LogP contribution in [-0.4, -0.2) is 40.7 Å². The third-order valence-electron chi connectivity index (χ3n) is 4.26. The standard InChI is InChI=1S/C16H26N2O/c1-2-16(19)15-7-11-18(12-8-15)10-4-6-14-5-3-9-17-13-14/h3,5,9,13,15-16,19H,2,4,6-8,10-12H2,1H3. The van der Waals surface area contributed by atoms with E-state index in [2.05, 4.69) is 22.9 Å². The fourth-order valence-electron chi connectivity index (χ4n) is 2.95. The normalized spacial score (nSPS) is 19.5. The first kappa shape index (κ1) is 14.5. The van der Waals surface area contributed by atoms with Crippen molar-refractivity contribution in [1.82, 2.24) is 9.88 Å². The quantitative estimate of drug-likeness (QED) is 0.855. The van der Waals surface area contributed by atoms with Crippen molar-refractivity contribution < 1.29 is 5.11 Å². The molecule has 0 amide bonds. The molecule has 2 heterocycles. The van der Waals surface area contributed by atoms with Crippen LogP contribution in [0.15, 0.2) is 24.5 Å². The Bertz CT molecular complexity index is 347. The van der Waals surface area contributed by atoms with Crippen LogP contribution in [0.3, 0.4) is 0 Å². The number of aliphatic hydroxyl groups excluding tert-OH is 1. The monoisotopic (exact) mass is 262 g/mol. The number of nitrogens with zero attached hydrogens (tertiary/aromatic N) is 2. The highest BCUT2D eigenvalue weighted by Crippen LogP contribution is 2.22. The van der Waals surface area contributed by atoms with Gasteiger partial charge in [0.15, 0.2) is 0 Å². The minimum Gasteiger partial charge on any atom is -0.393 e. The highest BCUT2D eigenvalue weighted by Gasteiger charge is 2.23. The second-order valence-electron chi connectivity index (χ2n) is 5.62. The SMILES string of the molecule is CCC(O)C1CCN(CCCc2cccnc2)CC1. The summed E-state index contributed by atoms with van der Waals surface area (Å²) in [7, 11) is 0. The van der Waals surface area contributed by atoms with E-state index in [1.54, 1.807) is 0 Å². The topological polar surface area (TPSA) is 36.4 Å². The van der Waals surface area contributed by atoms with Crippen LogP contribution in [0, 0.1) is 5.92 Å². The minimum absolute atomic E-state index is 0.0856. The smallest absolute Gasteiger partial charge is 0.0566 e. The molecule has 1 aromatic rings. The van der Waals surface area contributed by atoms with Gasteiger partial charge in [-0.05, 0) is 69.3 Å². The summed E-state index contributed by atoms with van der Waals surface area (Å²) in [6.45, 7) is 5.54. The van der Waals surface area contributed by atoms with Gasteiger partial charge in [0.1, 0.15) is 0 Å². The van der Waals surface area contributed by atoms with E-state index in [1.165, 1.54) is 18.5 Å². The molecule has 0 radical (unpaired) electrons. The van der Waals surface area contributed by atoms with E-state index in [1.807, 2.05) is 18.5 Å². The van der Waals surface area contributed by atoms with Gasteiger partial charge in [0, 0.05) is 12.4 Å². The first-order chi connectivity index (χ1) is 9.29. The first-order valence-corrected chi connectivity index (χ1v) is 7.59. The molecule has 1 aromatic heterocycles. The lowest BCUT2D eigenvalue weighted by Gasteiger charge is -2.34. The molecule has 1 atom stereocenters. The fraction of sp³-hybridized carbons (Fsp3) is 0.688. The number of likely N-dealkylation sites (tertiary alicyclic amines) is 1. The van der Waals surface area contributed by atoms with E-state index in [0.717, 1.165) is 38.8 Å². The van der Waals surface area contributed by atoms with Gasteiger partial charge in [-0.25, -0.2) is 0 Å². The van der Waals surface area contributed by atoms with Crippen LogP contribution in [0.4, 0.5) is 0 Å². The summed E-state index contributed by atoms with van der Waals surface area (Å²) in [5.74, 6) is 0.527. The fourth-order valence-corrected chi connectivity index (χ4v) is 2.95. The van der Waals surface area contributed by atoms with Crippen LogP contribution in [0.25, 0.3) is 0 Å². The van der Waals surface area contributed by atoms with E-state index in [9.17, 15) is 5.11 Å². The molecule has 0 spiro atoms. The highest BCUT2D eigenvalue weighted by atomic mass is 16.3. The summed E-state index contributed by atoms with van der Waals surface area (Å²) in [6.07, 6.45) is 9.22. The summed E-state index contributed by atoms with van der Waals surface area (Å²) in [4.78, 5) is 6.68. The van der Waals surface area contributed by atoms with Gasteiger partial charge in [-0.3, -0.25) is 4.98 Å². The second kappa shape index (κ2) is 7.61. The van der Waals surface area contributed by atoms with Crippen LogP contribution in [-0.2, 0) is 6.42 Å². The molecule has 0 bridgehead atoms. The van der Waals surface area contributed by atoms with Gasteiger partial charge in [-0.1, -0.05) is 13.0 Å². The summed E-state index contributed by atoms with van der Waals surface area (Å²) in [5, 5.41) is 9.87. The Labute approximate surface area is 116 Å². The van der Waals surface area contributed by atoms with Crippen LogP contribution in [0.5, 0.6) is 0 Å². The average Bonchev–Trinajstić information content (AvgIpc) is 2.48. The van der Waals surface area contributed by atoms with E-state index in [4.69, 9.17) is 0 Å². The number of aliphatic hydroxyl groups is 1. The molecule has 19 heavy (non-hydrogen) atoms. The molecule has 3 nitrogen and oxygen atoms in total. The molecule has 1 N–H and O–H groups in total. The number of piperidine rings is 1. The van der Waals surface area contributed by atoms with Crippen molar-refractivity contribution >= 4 is 0 Å². The van der Waals surface area contributed by atoms with Crippen molar-refractivity contribution in [1.29, 1.82) is 0 Å². The van der Waals surface area contributed by atoms with Crippen LogP contribution < -0.4 is 0 Å². The van der Waals surface area contributed by atoms with Gasteiger partial charge >= 0.3 is 0 Å². The zero-order valence-corrected chi connectivity index (χ0v) is 12.0. The summed E-state index contributed by atoms with van der Waals surface area (Å²) >= 11 is 0. The Kier molecular flexibility index (Phi) is 5.80. The molecule has 1 aliphatic rings. The third kappa shape index (κ3) is 4.59. The molecule has 0 saturated carbocycles. The van der Waals surface area contributed by atoms with Crippen molar-refractivity contribution in [3.63, 3.8) is 0 Å². The van der Waals surface area contributed by atoms with E-state index in [-0.39, 0.29) is 6.10 Å². The van der Waals surface area contributed by atoms with E-state index >= 15 is 0 Å². The maximum Gasteiger partial charge on any atom is 0.0566 e. The average molecular weight is 262 g/mol. The molecule has 3 heteroatoms. The molecule has 0 aliphatic carbocycles. The second-order valence-corrected chi connectivity index (χ2v) is 5.62. The van der Waals surface area contributed by atoms with Crippen molar-refractivity contribution in [2.75, 3.05) is 19.6 Å². The number of hydrogen-bond donors (Lipinski definition) is 1. The predicted octanol–water partition coefficient (Wildman–Crippen LogP) is 2.50. The number of hydrogen-bond acceptors (Lipinski definition) is 3. The number of rotatable bonds is 6. The first-order valence-electron chi connectivity index (χ1n) is 7.59. The summed E-state index contributed by atoms with van der Waals surface area (Å²) < 4.78 is 0. The van der Waals surface area contributed by atoms with Crippen molar-refractivity contribution in [3.05, 3.63) is 30.1 Å². The summed E-state index contributed by atoms with van der Waals surface area (Å²) in [5.41, 5.74) is 1.33. The maximum atomic E-state index is 9.87. The van der Waals surface area contributed by atoms with E-state index < -0.39 is 0 Å². The van der Waals surface area contributed by atoms with Crippen LogP contribution in [0.2, 0.25) is 0 Å². The Morgan fingerprint density at radius 2 is 2.21 bits per heavy atom. The number of aromatic nitrogens is 1. The zero-order valence-electron chi connectivity index (χ0n) is 12.0. The van der Waals surface area contributed by atoms with Gasteiger partial charge in [0.25, 0.3) is 0 Å². The van der Waals surface area contributed by atoms with Gasteiger partial charge in [-0.15, -0.1) is 0 Å². The van der Waals surface area contributed by atoms with Gasteiger partial charge < -0.3 is 10.0 Å². The largest absolute Gasteiger partial charge is 0.393 e. The van der Waals surface area contributed by atoms with Crippen molar-refractivity contribution in [2.45, 2.75) is 45.1 Å². The molecular formula is C16H26N2O. The van der Waals surface area contributed by atoms with Crippen LogP contribution >= 0.6 is 0 Å². The maximum absolute atomic E-state index is 9.87. The van der Waals surface area contributed by atoms with Gasteiger partial charge in [0.2, 0.25) is 0 Å². The molecule has 1 fully saturated rings. The summed E-state index contributed by atoms with van der Waals surface area (Å²) in [6, 6.07) is 4.16. The molecule has 106 valence electrons. The number of pyridine rings is 1. The van der Waals surface area contributed by atoms with Gasteiger partial charge in [-0.2, -0.15) is 0 Å². The Hall–Kier alpha value is -0.930. The lowest BCUT2D eigenvalue weighted by atomic mass is 9.90. The Morgan fingerprint density at radius 1 is 1.42 bits per heavy atom. The highest BCUT2D eigenvalue weighted by molar-refractivity contribution is 5.08. The van der Waals surface area contributed by atoms with E-state index in [0.29, 0.717) is 5.92 Å². The lowest BCUT2D eigenvalue weighted by molar-refractivity contribution is 0.0567. The number of aryl methyl sites for hydroxylation is 1. The molecular weight excluding hydrogens is 236 g/mol. The Morgan fingerprint density at radius 3 is 2.84 bits per heavy atom. The van der Waals surface area contributed by atoms with Crippen LogP contribution in [0.1, 0.15) is 38.2 Å². The van der Waals surface area contributed by atoms with Crippen molar-refractivity contribution in [2.24, 2.45) is 5.92 Å². The molecule has 1 saturated heterocycles. The van der Waals surface area contributed by atoms with Gasteiger partial charge in [0.05, 0.1) is 6.10 Å². The Balaban J connectivity index is 1.63. The van der Waals surface area contributed by atoms with Crippen molar-refractivity contribution in [3.8, 4) is 0 Å².